The van der Waals surface area contributed by atoms with Crippen LogP contribution in [0.4, 0.5) is 5.69 Å². The van der Waals surface area contributed by atoms with Gasteiger partial charge in [0.25, 0.3) is 0 Å². The molecule has 0 bridgehead atoms. The first-order chi connectivity index (χ1) is 13.2. The van der Waals surface area contributed by atoms with Gasteiger partial charge in [-0.2, -0.15) is 0 Å². The number of fused-ring (bicyclic) bond motifs is 3. The number of hydrogen-bond acceptors (Lipinski definition) is 6. The number of hydrogen-bond donors (Lipinski definition) is 1. The molecule has 1 atom stereocenters. The first-order valence-electron chi connectivity index (χ1n) is 8.39. The van der Waals surface area contributed by atoms with Gasteiger partial charge in [-0.1, -0.05) is 30.0 Å². The van der Waals surface area contributed by atoms with Gasteiger partial charge in [0.05, 0.1) is 18.0 Å². The first-order valence-corrected chi connectivity index (χ1v) is 9.27. The monoisotopic (exact) mass is 379 g/mol. The molecule has 2 aromatic carbocycles. The number of aromatic nitrogens is 2. The average Bonchev–Trinajstić information content (AvgIpc) is 3.05. The summed E-state index contributed by atoms with van der Waals surface area (Å²) in [6.45, 7) is 1.81. The zero-order valence-electron chi connectivity index (χ0n) is 14.8. The fraction of sp³-hybridized carbons (Fsp3) is 0.150. The summed E-state index contributed by atoms with van der Waals surface area (Å²) in [6.07, 6.45) is 3.30. The SMILES string of the molecule is COc1cc2c(cc1NC(=O)[C@H](C)Sc1ncccn1)oc1ccccc12. The molecule has 0 radical (unpaired) electrons. The van der Waals surface area contributed by atoms with Gasteiger partial charge >= 0.3 is 0 Å². The number of thioether (sulfide) groups is 1. The third-order valence-corrected chi connectivity index (χ3v) is 5.14. The highest BCUT2D eigenvalue weighted by Crippen LogP contribution is 2.36. The quantitative estimate of drug-likeness (QED) is 0.406. The Labute approximate surface area is 159 Å². The molecule has 0 saturated heterocycles. The predicted octanol–water partition coefficient (Wildman–Crippen LogP) is 4.50. The van der Waals surface area contributed by atoms with Crippen LogP contribution in [0.5, 0.6) is 5.75 Å². The molecule has 0 fully saturated rings. The molecule has 0 unspecified atom stereocenters. The molecule has 0 spiro atoms. The van der Waals surface area contributed by atoms with Crippen molar-refractivity contribution in [1.82, 2.24) is 9.97 Å². The maximum Gasteiger partial charge on any atom is 0.237 e. The summed E-state index contributed by atoms with van der Waals surface area (Å²) in [5, 5.41) is 5.05. The standard InChI is InChI=1S/C20H17N3O3S/c1-12(27-20-21-8-5-9-22-20)19(24)23-15-11-17-14(10-18(15)25-2)13-6-3-4-7-16(13)26-17/h3-12H,1-2H3,(H,23,24)/t12-/m0/s1. The van der Waals surface area contributed by atoms with E-state index < -0.39 is 0 Å². The van der Waals surface area contributed by atoms with Crippen LogP contribution in [-0.4, -0.2) is 28.2 Å². The van der Waals surface area contributed by atoms with Crippen molar-refractivity contribution in [2.75, 3.05) is 12.4 Å². The molecule has 0 aliphatic carbocycles. The van der Waals surface area contributed by atoms with Crippen molar-refractivity contribution in [2.24, 2.45) is 0 Å². The lowest BCUT2D eigenvalue weighted by molar-refractivity contribution is -0.115. The summed E-state index contributed by atoms with van der Waals surface area (Å²) in [7, 11) is 1.58. The van der Waals surface area contributed by atoms with Crippen LogP contribution in [0.25, 0.3) is 21.9 Å². The van der Waals surface area contributed by atoms with E-state index in [0.717, 1.165) is 16.4 Å². The number of carbonyl (C=O) groups excluding carboxylic acids is 1. The van der Waals surface area contributed by atoms with Crippen LogP contribution in [0, 0.1) is 0 Å². The maximum absolute atomic E-state index is 12.6. The smallest absolute Gasteiger partial charge is 0.237 e. The Morgan fingerprint density at radius 3 is 2.67 bits per heavy atom. The van der Waals surface area contributed by atoms with Crippen molar-refractivity contribution in [3.8, 4) is 5.75 Å². The van der Waals surface area contributed by atoms with E-state index in [1.807, 2.05) is 37.3 Å². The molecule has 6 nitrogen and oxygen atoms in total. The highest BCUT2D eigenvalue weighted by atomic mass is 32.2. The molecule has 2 aromatic heterocycles. The van der Waals surface area contributed by atoms with E-state index in [1.54, 1.807) is 31.6 Å². The first kappa shape index (κ1) is 17.4. The van der Waals surface area contributed by atoms with E-state index in [0.29, 0.717) is 22.2 Å². The van der Waals surface area contributed by atoms with Gasteiger partial charge in [-0.05, 0) is 25.1 Å². The Hall–Kier alpha value is -3.06. The van der Waals surface area contributed by atoms with Crippen LogP contribution < -0.4 is 10.1 Å². The summed E-state index contributed by atoms with van der Waals surface area (Å²) >= 11 is 1.29. The number of rotatable bonds is 5. The largest absolute Gasteiger partial charge is 0.495 e. The van der Waals surface area contributed by atoms with Crippen molar-refractivity contribution in [1.29, 1.82) is 0 Å². The van der Waals surface area contributed by atoms with E-state index >= 15 is 0 Å². The molecule has 136 valence electrons. The van der Waals surface area contributed by atoms with E-state index in [2.05, 4.69) is 15.3 Å². The van der Waals surface area contributed by atoms with Crippen molar-refractivity contribution < 1.29 is 13.9 Å². The van der Waals surface area contributed by atoms with Gasteiger partial charge in [0.1, 0.15) is 16.9 Å². The molecule has 4 aromatic rings. The maximum atomic E-state index is 12.6. The van der Waals surface area contributed by atoms with E-state index in [4.69, 9.17) is 9.15 Å². The second kappa shape index (κ2) is 7.28. The number of nitrogens with one attached hydrogen (secondary N) is 1. The molecule has 0 aliphatic heterocycles. The second-order valence-electron chi connectivity index (χ2n) is 5.93. The van der Waals surface area contributed by atoms with Crippen LogP contribution >= 0.6 is 11.8 Å². The Morgan fingerprint density at radius 1 is 1.11 bits per heavy atom. The fourth-order valence-electron chi connectivity index (χ4n) is 2.81. The van der Waals surface area contributed by atoms with Gasteiger partial charge in [-0.15, -0.1) is 0 Å². The van der Waals surface area contributed by atoms with E-state index in [9.17, 15) is 4.79 Å². The third-order valence-electron chi connectivity index (χ3n) is 4.15. The van der Waals surface area contributed by atoms with E-state index in [-0.39, 0.29) is 11.2 Å². The summed E-state index contributed by atoms with van der Waals surface area (Å²) < 4.78 is 11.4. The topological polar surface area (TPSA) is 77.2 Å². The molecule has 0 aliphatic rings. The van der Waals surface area contributed by atoms with Crippen LogP contribution in [0.3, 0.4) is 0 Å². The number of ether oxygens (including phenoxy) is 1. The van der Waals surface area contributed by atoms with Gasteiger partial charge in [-0.3, -0.25) is 4.79 Å². The Kier molecular flexibility index (Phi) is 4.68. The molecule has 7 heteroatoms. The molecule has 4 rings (SSSR count). The number of amides is 1. The molecule has 27 heavy (non-hydrogen) atoms. The number of carbonyl (C=O) groups is 1. The molecule has 1 amide bonds. The van der Waals surface area contributed by atoms with Crippen molar-refractivity contribution in [2.45, 2.75) is 17.3 Å². The summed E-state index contributed by atoms with van der Waals surface area (Å²) in [5.41, 5.74) is 2.05. The number of methoxy groups -OCH3 is 1. The van der Waals surface area contributed by atoms with E-state index in [1.165, 1.54) is 11.8 Å². The number of benzene rings is 2. The average molecular weight is 379 g/mol. The Balaban J connectivity index is 1.62. The summed E-state index contributed by atoms with van der Waals surface area (Å²) in [4.78, 5) is 20.9. The van der Waals surface area contributed by atoms with Crippen LogP contribution in [0.2, 0.25) is 0 Å². The fourth-order valence-corrected chi connectivity index (χ4v) is 3.54. The summed E-state index contributed by atoms with van der Waals surface area (Å²) in [5.74, 6) is 0.414. The zero-order valence-corrected chi connectivity index (χ0v) is 15.6. The lowest BCUT2D eigenvalue weighted by Crippen LogP contribution is -2.23. The Morgan fingerprint density at radius 2 is 1.89 bits per heavy atom. The number of anilines is 1. The molecular weight excluding hydrogens is 362 g/mol. The molecule has 1 N–H and O–H groups in total. The van der Waals surface area contributed by atoms with Gasteiger partial charge < -0.3 is 14.5 Å². The van der Waals surface area contributed by atoms with Gasteiger partial charge in [0.2, 0.25) is 5.91 Å². The number of para-hydroxylation sites is 1. The minimum absolute atomic E-state index is 0.166. The lowest BCUT2D eigenvalue weighted by Gasteiger charge is -2.13. The normalized spacial score (nSPS) is 12.2. The zero-order chi connectivity index (χ0) is 18.8. The second-order valence-corrected chi connectivity index (χ2v) is 7.24. The summed E-state index contributed by atoms with van der Waals surface area (Å²) in [6, 6.07) is 13.2. The third kappa shape index (κ3) is 3.46. The van der Waals surface area contributed by atoms with Gasteiger partial charge in [-0.25, -0.2) is 9.97 Å². The van der Waals surface area contributed by atoms with Crippen LogP contribution in [-0.2, 0) is 4.79 Å². The number of nitrogens with zero attached hydrogens (tertiary/aromatic N) is 2. The van der Waals surface area contributed by atoms with Gasteiger partial charge in [0.15, 0.2) is 5.16 Å². The molecule has 0 saturated carbocycles. The van der Waals surface area contributed by atoms with Crippen molar-refractivity contribution >= 4 is 45.3 Å². The molecule has 2 heterocycles. The van der Waals surface area contributed by atoms with Crippen LogP contribution in [0.15, 0.2) is 64.4 Å². The predicted molar refractivity (Wildman–Crippen MR) is 106 cm³/mol. The van der Waals surface area contributed by atoms with Crippen molar-refractivity contribution in [3.63, 3.8) is 0 Å². The molecular formula is C20H17N3O3S. The lowest BCUT2D eigenvalue weighted by atomic mass is 10.1. The highest BCUT2D eigenvalue weighted by molar-refractivity contribution is 8.00. The highest BCUT2D eigenvalue weighted by Gasteiger charge is 2.19. The van der Waals surface area contributed by atoms with Crippen molar-refractivity contribution in [3.05, 3.63) is 54.9 Å². The minimum atomic E-state index is -0.372. The number of furan rings is 1. The Bertz CT molecular complexity index is 1110. The van der Waals surface area contributed by atoms with Crippen LogP contribution in [0.1, 0.15) is 6.92 Å². The van der Waals surface area contributed by atoms with Gasteiger partial charge in [0, 0.05) is 29.2 Å². The minimum Gasteiger partial charge on any atom is -0.495 e.